The summed E-state index contributed by atoms with van der Waals surface area (Å²) in [5.41, 5.74) is 1.04. The third-order valence-corrected chi connectivity index (χ3v) is 3.94. The van der Waals surface area contributed by atoms with E-state index in [9.17, 15) is 14.7 Å². The fourth-order valence-corrected chi connectivity index (χ4v) is 2.73. The number of carbonyl (C=O) groups excluding carboxylic acids is 1. The zero-order valence-electron chi connectivity index (χ0n) is 12.7. The number of nitrogens with zero attached hydrogens (tertiary/aromatic N) is 3. The summed E-state index contributed by atoms with van der Waals surface area (Å²) in [7, 11) is 1.59. The van der Waals surface area contributed by atoms with Crippen molar-refractivity contribution in [3.63, 3.8) is 0 Å². The minimum Gasteiger partial charge on any atom is -0.497 e. The van der Waals surface area contributed by atoms with E-state index in [0.717, 1.165) is 11.4 Å². The molecule has 0 bridgehead atoms. The molecule has 7 heteroatoms. The van der Waals surface area contributed by atoms with Gasteiger partial charge >= 0.3 is 5.97 Å². The Morgan fingerprint density at radius 3 is 2.65 bits per heavy atom. The van der Waals surface area contributed by atoms with E-state index in [1.165, 1.54) is 4.90 Å². The van der Waals surface area contributed by atoms with Gasteiger partial charge in [0, 0.05) is 12.7 Å². The molecule has 1 aromatic carbocycles. The average Bonchev–Trinajstić information content (AvgIpc) is 3.23. The lowest BCUT2D eigenvalue weighted by molar-refractivity contribution is -0.141. The Kier molecular flexibility index (Phi) is 4.01. The molecular formula is C16H17N3O4. The van der Waals surface area contributed by atoms with E-state index in [1.54, 1.807) is 36.2 Å². The molecule has 0 spiro atoms. The average molecular weight is 315 g/mol. The molecule has 2 heterocycles. The van der Waals surface area contributed by atoms with E-state index in [1.807, 2.05) is 12.1 Å². The highest BCUT2D eigenvalue weighted by Gasteiger charge is 2.35. The van der Waals surface area contributed by atoms with Crippen LogP contribution in [0.5, 0.6) is 5.75 Å². The summed E-state index contributed by atoms with van der Waals surface area (Å²) in [5, 5.41) is 13.4. The van der Waals surface area contributed by atoms with Crippen LogP contribution in [0.15, 0.2) is 36.5 Å². The number of benzene rings is 1. The van der Waals surface area contributed by atoms with E-state index >= 15 is 0 Å². The minimum absolute atomic E-state index is 0.244. The standard InChI is InChI=1S/C16H17N3O4/c1-23-12-6-4-11(5-7-12)19-10-8-13(17-19)15(20)18-9-2-3-14(18)16(21)22/h4-8,10,14H,2-3,9H2,1H3,(H,21,22). The van der Waals surface area contributed by atoms with Crippen LogP contribution in [-0.4, -0.2) is 51.4 Å². The first-order chi connectivity index (χ1) is 11.1. The maximum Gasteiger partial charge on any atom is 0.326 e. The van der Waals surface area contributed by atoms with Gasteiger partial charge in [-0.05, 0) is 43.2 Å². The van der Waals surface area contributed by atoms with Gasteiger partial charge in [0.25, 0.3) is 5.91 Å². The second-order valence-corrected chi connectivity index (χ2v) is 5.34. The largest absolute Gasteiger partial charge is 0.497 e. The van der Waals surface area contributed by atoms with Gasteiger partial charge in [-0.2, -0.15) is 5.10 Å². The first-order valence-electron chi connectivity index (χ1n) is 7.34. The van der Waals surface area contributed by atoms with Gasteiger partial charge < -0.3 is 14.7 Å². The Hall–Kier alpha value is -2.83. The molecule has 1 saturated heterocycles. The third kappa shape index (κ3) is 2.90. The van der Waals surface area contributed by atoms with Crippen LogP contribution in [0.25, 0.3) is 5.69 Å². The highest BCUT2D eigenvalue weighted by Crippen LogP contribution is 2.20. The fraction of sp³-hybridized carbons (Fsp3) is 0.312. The molecule has 120 valence electrons. The SMILES string of the molecule is COc1ccc(-n2ccc(C(=O)N3CCCC3C(=O)O)n2)cc1. The number of methoxy groups -OCH3 is 1. The van der Waals surface area contributed by atoms with Crippen molar-refractivity contribution < 1.29 is 19.4 Å². The summed E-state index contributed by atoms with van der Waals surface area (Å²) in [5.74, 6) is -0.578. The van der Waals surface area contributed by atoms with E-state index < -0.39 is 12.0 Å². The summed E-state index contributed by atoms with van der Waals surface area (Å²) in [6.07, 6.45) is 2.86. The van der Waals surface area contributed by atoms with Crippen molar-refractivity contribution >= 4 is 11.9 Å². The number of likely N-dealkylation sites (tertiary alicyclic amines) is 1. The molecule has 0 radical (unpaired) electrons. The predicted octanol–water partition coefficient (Wildman–Crippen LogP) is 1.57. The molecule has 1 unspecified atom stereocenters. The van der Waals surface area contributed by atoms with Crippen LogP contribution in [-0.2, 0) is 4.79 Å². The Labute approximate surface area is 133 Å². The zero-order chi connectivity index (χ0) is 16.4. The second-order valence-electron chi connectivity index (χ2n) is 5.34. The van der Waals surface area contributed by atoms with Crippen LogP contribution in [0.1, 0.15) is 23.3 Å². The Balaban J connectivity index is 1.80. The molecule has 1 amide bonds. The molecule has 1 atom stereocenters. The number of carbonyl (C=O) groups is 2. The lowest BCUT2D eigenvalue weighted by Gasteiger charge is -2.20. The molecule has 0 saturated carbocycles. The molecule has 1 aromatic heterocycles. The van der Waals surface area contributed by atoms with Crippen LogP contribution < -0.4 is 4.74 Å². The van der Waals surface area contributed by atoms with Gasteiger partial charge in [0.2, 0.25) is 0 Å². The predicted molar refractivity (Wildman–Crippen MR) is 81.8 cm³/mol. The molecule has 2 aromatic rings. The van der Waals surface area contributed by atoms with E-state index in [-0.39, 0.29) is 11.6 Å². The number of aliphatic carboxylic acids is 1. The Morgan fingerprint density at radius 2 is 2.00 bits per heavy atom. The van der Waals surface area contributed by atoms with Crippen molar-refractivity contribution in [2.75, 3.05) is 13.7 Å². The lowest BCUT2D eigenvalue weighted by Crippen LogP contribution is -2.40. The highest BCUT2D eigenvalue weighted by molar-refractivity contribution is 5.95. The summed E-state index contributed by atoms with van der Waals surface area (Å²) in [6.45, 7) is 0.450. The monoisotopic (exact) mass is 315 g/mol. The number of rotatable bonds is 4. The van der Waals surface area contributed by atoms with Crippen molar-refractivity contribution in [3.05, 3.63) is 42.2 Å². The molecule has 3 rings (SSSR count). The van der Waals surface area contributed by atoms with Crippen molar-refractivity contribution in [3.8, 4) is 11.4 Å². The van der Waals surface area contributed by atoms with Crippen molar-refractivity contribution in [2.24, 2.45) is 0 Å². The highest BCUT2D eigenvalue weighted by atomic mass is 16.5. The van der Waals surface area contributed by atoms with Crippen LogP contribution in [0.4, 0.5) is 0 Å². The molecule has 7 nitrogen and oxygen atoms in total. The summed E-state index contributed by atoms with van der Waals surface area (Å²) < 4.78 is 6.69. The number of amides is 1. The molecular weight excluding hydrogens is 298 g/mol. The summed E-state index contributed by atoms with van der Waals surface area (Å²) in [6, 6.07) is 8.11. The quantitative estimate of drug-likeness (QED) is 0.926. The van der Waals surface area contributed by atoms with Crippen molar-refractivity contribution in [1.29, 1.82) is 0 Å². The number of ether oxygens (including phenoxy) is 1. The van der Waals surface area contributed by atoms with Crippen molar-refractivity contribution in [2.45, 2.75) is 18.9 Å². The number of hydrogen-bond acceptors (Lipinski definition) is 4. The van der Waals surface area contributed by atoms with E-state index in [4.69, 9.17) is 4.74 Å². The van der Waals surface area contributed by atoms with Crippen LogP contribution in [0.3, 0.4) is 0 Å². The van der Waals surface area contributed by atoms with Crippen LogP contribution in [0.2, 0.25) is 0 Å². The van der Waals surface area contributed by atoms with Gasteiger partial charge in [0.15, 0.2) is 5.69 Å². The minimum atomic E-state index is -0.967. The van der Waals surface area contributed by atoms with Crippen LogP contribution >= 0.6 is 0 Å². The molecule has 1 fully saturated rings. The molecule has 0 aliphatic carbocycles. The number of carboxylic acid groups (broad SMARTS) is 1. The maximum atomic E-state index is 12.5. The number of carboxylic acids is 1. The first-order valence-corrected chi connectivity index (χ1v) is 7.34. The summed E-state index contributed by atoms with van der Waals surface area (Å²) in [4.78, 5) is 25.1. The number of hydrogen-bond donors (Lipinski definition) is 1. The molecule has 1 aliphatic heterocycles. The van der Waals surface area contributed by atoms with Gasteiger partial charge in [-0.3, -0.25) is 4.79 Å². The normalized spacial score (nSPS) is 17.3. The smallest absolute Gasteiger partial charge is 0.326 e. The van der Waals surface area contributed by atoms with Gasteiger partial charge in [-0.15, -0.1) is 0 Å². The molecule has 23 heavy (non-hydrogen) atoms. The third-order valence-electron chi connectivity index (χ3n) is 3.94. The van der Waals surface area contributed by atoms with Crippen LogP contribution in [0, 0.1) is 0 Å². The fourth-order valence-electron chi connectivity index (χ4n) is 2.73. The second kappa shape index (κ2) is 6.12. The van der Waals surface area contributed by atoms with Gasteiger partial charge in [0.05, 0.1) is 12.8 Å². The van der Waals surface area contributed by atoms with Gasteiger partial charge in [-0.25, -0.2) is 9.48 Å². The van der Waals surface area contributed by atoms with E-state index in [2.05, 4.69) is 5.10 Å². The van der Waals surface area contributed by atoms with Gasteiger partial charge in [0.1, 0.15) is 11.8 Å². The first kappa shape index (κ1) is 15.1. The Morgan fingerprint density at radius 1 is 1.26 bits per heavy atom. The Bertz CT molecular complexity index is 723. The zero-order valence-corrected chi connectivity index (χ0v) is 12.7. The number of aromatic nitrogens is 2. The topological polar surface area (TPSA) is 84.7 Å². The maximum absolute atomic E-state index is 12.5. The summed E-state index contributed by atoms with van der Waals surface area (Å²) >= 11 is 0. The molecule has 1 aliphatic rings. The molecule has 1 N–H and O–H groups in total. The van der Waals surface area contributed by atoms with E-state index in [0.29, 0.717) is 19.4 Å². The van der Waals surface area contributed by atoms with Gasteiger partial charge in [-0.1, -0.05) is 0 Å². The van der Waals surface area contributed by atoms with Crippen molar-refractivity contribution in [1.82, 2.24) is 14.7 Å². The lowest BCUT2D eigenvalue weighted by atomic mass is 10.2.